The molecule has 1 rings (SSSR count). The molecule has 0 aromatic heterocycles. The Morgan fingerprint density at radius 3 is 1.69 bits per heavy atom. The van der Waals surface area contributed by atoms with Crippen molar-refractivity contribution >= 4 is 38.0 Å². The number of sulfonamides is 1. The Morgan fingerprint density at radius 1 is 0.829 bits per heavy atom. The molecular formula is C21H32N2O10S2. The molecule has 0 saturated heterocycles. The van der Waals surface area contributed by atoms with E-state index in [1.54, 1.807) is 20.8 Å². The molecule has 198 valence electrons. The summed E-state index contributed by atoms with van der Waals surface area (Å²) in [5.41, 5.74) is -2.08. The molecule has 0 aliphatic rings. The second-order valence-corrected chi connectivity index (χ2v) is 13.3. The van der Waals surface area contributed by atoms with Crippen LogP contribution in [-0.2, 0) is 39.0 Å². The van der Waals surface area contributed by atoms with Crippen molar-refractivity contribution in [1.29, 1.82) is 0 Å². The largest absolute Gasteiger partial charge is 0.459 e. The molecule has 0 heterocycles. The average Bonchev–Trinajstić information content (AvgIpc) is 2.67. The summed E-state index contributed by atoms with van der Waals surface area (Å²) < 4.78 is 60.9. The van der Waals surface area contributed by atoms with Crippen LogP contribution in [0.2, 0.25) is 0 Å². The van der Waals surface area contributed by atoms with E-state index in [-0.39, 0.29) is 4.47 Å². The second kappa shape index (κ2) is 10.4. The van der Waals surface area contributed by atoms with Crippen LogP contribution >= 0.6 is 0 Å². The van der Waals surface area contributed by atoms with Crippen molar-refractivity contribution in [1.82, 2.24) is 9.37 Å². The van der Waals surface area contributed by atoms with Gasteiger partial charge < -0.3 is 14.3 Å². The SMILES string of the molecule is C[C@H](C(=O)ON(C(=O)OC(C)(C)C)S(=O)(=O)c1ccccc1S(C)(=O)=O)N(C)C(=O)OC(C)(C)C. The minimum Gasteiger partial charge on any atom is -0.444 e. The number of nitrogens with zero attached hydrogens (tertiary/aromatic N) is 2. The van der Waals surface area contributed by atoms with Crippen LogP contribution in [0, 0.1) is 0 Å². The van der Waals surface area contributed by atoms with Crippen LogP contribution in [0.15, 0.2) is 34.1 Å². The van der Waals surface area contributed by atoms with E-state index in [1.807, 2.05) is 0 Å². The van der Waals surface area contributed by atoms with Gasteiger partial charge in [0, 0.05) is 13.3 Å². The lowest BCUT2D eigenvalue weighted by Gasteiger charge is -2.29. The molecular weight excluding hydrogens is 504 g/mol. The fraction of sp³-hybridized carbons (Fsp3) is 0.571. The van der Waals surface area contributed by atoms with Crippen LogP contribution < -0.4 is 0 Å². The van der Waals surface area contributed by atoms with E-state index in [1.165, 1.54) is 46.9 Å². The predicted octanol–water partition coefficient (Wildman–Crippen LogP) is 2.73. The van der Waals surface area contributed by atoms with E-state index < -0.39 is 65.1 Å². The Balaban J connectivity index is 3.47. The van der Waals surface area contributed by atoms with Gasteiger partial charge in [0.15, 0.2) is 9.84 Å². The lowest BCUT2D eigenvalue weighted by molar-refractivity contribution is -0.172. The zero-order valence-electron chi connectivity index (χ0n) is 21.2. The Hall–Kier alpha value is -2.87. The number of likely N-dealkylation sites (N-methyl/N-ethyl adjacent to an activating group) is 1. The summed E-state index contributed by atoms with van der Waals surface area (Å²) >= 11 is 0. The van der Waals surface area contributed by atoms with Crippen molar-refractivity contribution in [2.45, 2.75) is 75.5 Å². The summed E-state index contributed by atoms with van der Waals surface area (Å²) in [6, 6.07) is 3.07. The van der Waals surface area contributed by atoms with E-state index in [9.17, 15) is 31.2 Å². The van der Waals surface area contributed by atoms with E-state index in [2.05, 4.69) is 0 Å². The molecule has 0 radical (unpaired) electrons. The third-order valence-electron chi connectivity index (χ3n) is 4.06. The summed E-state index contributed by atoms with van der Waals surface area (Å²) in [7, 11) is -7.94. The monoisotopic (exact) mass is 536 g/mol. The fourth-order valence-electron chi connectivity index (χ4n) is 2.35. The molecule has 0 aliphatic carbocycles. The predicted molar refractivity (Wildman–Crippen MR) is 124 cm³/mol. The van der Waals surface area contributed by atoms with Gasteiger partial charge in [-0.2, -0.15) is 8.42 Å². The van der Waals surface area contributed by atoms with Gasteiger partial charge in [-0.25, -0.2) is 22.8 Å². The Kier molecular flexibility index (Phi) is 8.96. The average molecular weight is 537 g/mol. The smallest absolute Gasteiger partial charge is 0.444 e. The maximum Gasteiger partial charge on any atom is 0.459 e. The summed E-state index contributed by atoms with van der Waals surface area (Å²) in [6.07, 6.45) is -1.72. The topological polar surface area (TPSA) is 154 Å². The van der Waals surface area contributed by atoms with Gasteiger partial charge in [-0.15, -0.1) is 0 Å². The van der Waals surface area contributed by atoms with Crippen molar-refractivity contribution in [2.24, 2.45) is 0 Å². The minimum absolute atomic E-state index is 0.329. The number of hydrogen-bond donors (Lipinski definition) is 0. The van der Waals surface area contributed by atoms with Crippen LogP contribution in [0.25, 0.3) is 0 Å². The van der Waals surface area contributed by atoms with Crippen molar-refractivity contribution in [3.63, 3.8) is 0 Å². The van der Waals surface area contributed by atoms with E-state index in [0.717, 1.165) is 23.3 Å². The summed E-state index contributed by atoms with van der Waals surface area (Å²) in [5, 5.41) is 0. The molecule has 1 aromatic rings. The van der Waals surface area contributed by atoms with Gasteiger partial charge in [-0.1, -0.05) is 12.1 Å². The first kappa shape index (κ1) is 30.2. The van der Waals surface area contributed by atoms with Crippen LogP contribution in [0.1, 0.15) is 48.5 Å². The summed E-state index contributed by atoms with van der Waals surface area (Å²) in [4.78, 5) is 42.2. The summed E-state index contributed by atoms with van der Waals surface area (Å²) in [6.45, 7) is 10.4. The van der Waals surface area contributed by atoms with Crippen LogP contribution in [0.4, 0.5) is 9.59 Å². The van der Waals surface area contributed by atoms with Crippen LogP contribution in [-0.4, -0.2) is 74.9 Å². The molecule has 2 amide bonds. The number of ether oxygens (including phenoxy) is 2. The molecule has 12 nitrogen and oxygen atoms in total. The lowest BCUT2D eigenvalue weighted by atomic mass is 10.2. The highest BCUT2D eigenvalue weighted by Gasteiger charge is 2.41. The molecule has 1 atom stereocenters. The molecule has 0 spiro atoms. The van der Waals surface area contributed by atoms with Crippen molar-refractivity contribution < 1.29 is 45.5 Å². The number of benzene rings is 1. The number of carbonyl (C=O) groups excluding carboxylic acids is 3. The second-order valence-electron chi connectivity index (χ2n) is 9.61. The molecule has 1 aromatic carbocycles. The molecule has 35 heavy (non-hydrogen) atoms. The molecule has 14 heteroatoms. The standard InChI is InChI=1S/C21H32N2O10S2/c1-14(22(8)18(25)31-20(2,3)4)17(24)33-23(19(26)32-21(5,6)7)35(29,30)16-13-11-10-12-15(16)34(9,27)28/h10-14H,1-9H3/t14-/m1/s1. The highest BCUT2D eigenvalue weighted by atomic mass is 32.2. The number of carbonyl (C=O) groups is 3. The number of hydrogen-bond acceptors (Lipinski definition) is 10. The number of amides is 2. The normalized spacial score (nSPS) is 13.4. The highest BCUT2D eigenvalue weighted by molar-refractivity contribution is 7.93. The minimum atomic E-state index is -5.09. The zero-order valence-corrected chi connectivity index (χ0v) is 22.8. The van der Waals surface area contributed by atoms with Crippen LogP contribution in [0.5, 0.6) is 0 Å². The van der Waals surface area contributed by atoms with E-state index in [4.69, 9.17) is 14.3 Å². The first-order valence-electron chi connectivity index (χ1n) is 10.3. The third-order valence-corrected chi connectivity index (χ3v) is 6.92. The molecule has 0 aliphatic heterocycles. The van der Waals surface area contributed by atoms with Gasteiger partial charge in [0.05, 0.1) is 4.90 Å². The van der Waals surface area contributed by atoms with Gasteiger partial charge in [-0.05, 0) is 65.1 Å². The van der Waals surface area contributed by atoms with Crippen molar-refractivity contribution in [2.75, 3.05) is 13.3 Å². The van der Waals surface area contributed by atoms with Gasteiger partial charge in [-0.3, -0.25) is 4.90 Å². The molecule has 0 N–H and O–H groups in total. The van der Waals surface area contributed by atoms with Gasteiger partial charge >= 0.3 is 28.2 Å². The van der Waals surface area contributed by atoms with E-state index >= 15 is 0 Å². The molecule has 0 fully saturated rings. The van der Waals surface area contributed by atoms with Gasteiger partial charge in [0.1, 0.15) is 22.1 Å². The van der Waals surface area contributed by atoms with E-state index in [0.29, 0.717) is 0 Å². The maximum atomic E-state index is 13.4. The van der Waals surface area contributed by atoms with Crippen molar-refractivity contribution in [3.8, 4) is 0 Å². The first-order valence-corrected chi connectivity index (χ1v) is 13.7. The fourth-order valence-corrected chi connectivity index (χ4v) is 5.04. The molecule has 0 saturated carbocycles. The maximum absolute atomic E-state index is 13.4. The highest BCUT2D eigenvalue weighted by Crippen LogP contribution is 2.26. The lowest BCUT2D eigenvalue weighted by Crippen LogP contribution is -2.48. The molecule has 0 bridgehead atoms. The Morgan fingerprint density at radius 2 is 1.26 bits per heavy atom. The first-order chi connectivity index (χ1) is 15.6. The quantitative estimate of drug-likeness (QED) is 0.513. The Labute approximate surface area is 206 Å². The summed E-state index contributed by atoms with van der Waals surface area (Å²) in [5.74, 6) is -1.33. The number of hydroxylamine groups is 1. The number of rotatable bonds is 5. The van der Waals surface area contributed by atoms with Gasteiger partial charge in [0.25, 0.3) is 0 Å². The van der Waals surface area contributed by atoms with Crippen molar-refractivity contribution in [3.05, 3.63) is 24.3 Å². The number of sulfone groups is 1. The third kappa shape index (κ3) is 8.38. The van der Waals surface area contributed by atoms with Gasteiger partial charge in [0.2, 0.25) is 0 Å². The molecule has 0 unspecified atom stereocenters. The van der Waals surface area contributed by atoms with Crippen LogP contribution in [0.3, 0.4) is 0 Å². The Bertz CT molecular complexity index is 1180. The zero-order chi connectivity index (χ0) is 27.6.